The van der Waals surface area contributed by atoms with Crippen molar-refractivity contribution in [2.24, 2.45) is 17.6 Å². The Morgan fingerprint density at radius 2 is 1.84 bits per heavy atom. The first-order valence-corrected chi connectivity index (χ1v) is 13.0. The van der Waals surface area contributed by atoms with E-state index in [1.54, 1.807) is 26.8 Å². The second-order valence-corrected chi connectivity index (χ2v) is 10.9. The maximum absolute atomic E-state index is 12.1. The summed E-state index contributed by atoms with van der Waals surface area (Å²) in [7, 11) is 1.44. The fourth-order valence-electron chi connectivity index (χ4n) is 4.51. The second-order valence-electron chi connectivity index (χ2n) is 10.9. The number of hydrogen-bond donors (Lipinski definition) is 8. The van der Waals surface area contributed by atoms with E-state index >= 15 is 0 Å². The largest absolute Gasteiger partial charge is 0.393 e. The lowest BCUT2D eigenvalue weighted by molar-refractivity contribution is -0.303. The normalized spacial score (nSPS) is 38.6. The highest BCUT2D eigenvalue weighted by Gasteiger charge is 2.49. The number of aliphatic hydroxyl groups is 5. The average molecular weight is 534 g/mol. The van der Waals surface area contributed by atoms with Crippen molar-refractivity contribution in [1.82, 2.24) is 10.6 Å². The Morgan fingerprint density at radius 1 is 1.19 bits per heavy atom. The molecule has 0 aliphatic carbocycles. The molecule has 0 saturated carbocycles. The molecule has 2 fully saturated rings. The average Bonchev–Trinajstić information content (AvgIpc) is 2.81. The lowest BCUT2D eigenvalue weighted by atomic mass is 9.86. The van der Waals surface area contributed by atoms with Crippen molar-refractivity contribution in [3.63, 3.8) is 0 Å². The zero-order valence-corrected chi connectivity index (χ0v) is 22.7. The maximum Gasteiger partial charge on any atom is 0.314 e. The minimum Gasteiger partial charge on any atom is -0.393 e. The Morgan fingerprint density at radius 3 is 2.41 bits per heavy atom. The van der Waals surface area contributed by atoms with Crippen molar-refractivity contribution >= 4 is 6.03 Å². The number of carbonyl (C=O) groups excluding carboxylic acids is 1. The third kappa shape index (κ3) is 8.84. The van der Waals surface area contributed by atoms with E-state index < -0.39 is 72.9 Å². The van der Waals surface area contributed by atoms with Gasteiger partial charge in [0.25, 0.3) is 0 Å². The number of rotatable bonds is 10. The number of amides is 2. The minimum atomic E-state index is -1.84. The molecule has 0 radical (unpaired) electrons. The summed E-state index contributed by atoms with van der Waals surface area (Å²) in [5, 5.41) is 58.3. The van der Waals surface area contributed by atoms with Crippen LogP contribution in [0.2, 0.25) is 0 Å². The molecule has 2 rings (SSSR count). The number of aliphatic hydroxyl groups excluding tert-OH is 4. The molecule has 216 valence electrons. The molecule has 2 aliphatic heterocycles. The summed E-state index contributed by atoms with van der Waals surface area (Å²) in [5.41, 5.74) is 5.95. The molecule has 11 atom stereocenters. The molecule has 12 heteroatoms. The summed E-state index contributed by atoms with van der Waals surface area (Å²) in [6.45, 7) is 9.17. The maximum atomic E-state index is 12.1. The van der Waals surface area contributed by atoms with Crippen LogP contribution in [0.5, 0.6) is 0 Å². The molecule has 2 amide bonds. The van der Waals surface area contributed by atoms with E-state index in [0.717, 1.165) is 0 Å². The predicted octanol–water partition coefficient (Wildman–Crippen LogP) is -0.689. The van der Waals surface area contributed by atoms with Gasteiger partial charge in [-0.15, -0.1) is 0 Å². The molecule has 6 unspecified atom stereocenters. The number of nitrogens with two attached hydrogens (primary N) is 1. The van der Waals surface area contributed by atoms with Gasteiger partial charge in [0.2, 0.25) is 0 Å². The number of nitrogens with one attached hydrogen (secondary N) is 2. The van der Waals surface area contributed by atoms with Gasteiger partial charge in [-0.3, -0.25) is 0 Å². The van der Waals surface area contributed by atoms with Gasteiger partial charge in [-0.1, -0.05) is 39.8 Å². The van der Waals surface area contributed by atoms with E-state index in [4.69, 9.17) is 19.9 Å². The molecule has 0 aromatic rings. The lowest BCUT2D eigenvalue weighted by Crippen LogP contribution is -2.63. The highest BCUT2D eigenvalue weighted by molar-refractivity contribution is 5.74. The monoisotopic (exact) mass is 533 g/mol. The highest BCUT2D eigenvalue weighted by Crippen LogP contribution is 2.35. The van der Waals surface area contributed by atoms with Crippen molar-refractivity contribution in [2.45, 2.75) is 121 Å². The Kier molecular flexibility index (Phi) is 11.7. The Labute approximate surface area is 219 Å². The highest BCUT2D eigenvalue weighted by atomic mass is 16.7. The summed E-state index contributed by atoms with van der Waals surface area (Å²) in [5.74, 6) is -1.84. The van der Waals surface area contributed by atoms with E-state index in [1.165, 1.54) is 7.05 Å². The molecule has 2 saturated heterocycles. The third-order valence-electron chi connectivity index (χ3n) is 6.92. The molecule has 9 N–H and O–H groups in total. The zero-order valence-electron chi connectivity index (χ0n) is 22.7. The number of hydrogen-bond acceptors (Lipinski definition) is 10. The van der Waals surface area contributed by atoms with Gasteiger partial charge in [-0.2, -0.15) is 0 Å². The van der Waals surface area contributed by atoms with Crippen molar-refractivity contribution in [1.29, 1.82) is 0 Å². The van der Waals surface area contributed by atoms with Gasteiger partial charge >= 0.3 is 6.03 Å². The quantitative estimate of drug-likeness (QED) is 0.166. The number of allylic oxidation sites excluding steroid dienone is 1. The molecule has 12 nitrogen and oxygen atoms in total. The summed E-state index contributed by atoms with van der Waals surface area (Å²) in [6.07, 6.45) is -4.64. The molecular formula is C25H47N3O9. The predicted molar refractivity (Wildman–Crippen MR) is 135 cm³/mol. The molecule has 2 heterocycles. The van der Waals surface area contributed by atoms with Crippen LogP contribution in [-0.4, -0.2) is 106 Å². The van der Waals surface area contributed by atoms with Crippen LogP contribution in [0.15, 0.2) is 12.2 Å². The summed E-state index contributed by atoms with van der Waals surface area (Å²) >= 11 is 0. The molecule has 0 spiro atoms. The standard InChI is InChI=1S/C25H47N3O9/c1-12(2)7-8-15(36-23-22(32)19(26)21(31)14(5)35-23)9-18-20(28-24(33)27-6)17(30)11-25(34,37-18)10-16(29)13(3)4/h7-8,12-23,29-32,34H,9-11,26H2,1-6H3,(H2,27,28,33)/b8-7+/t14?,15-,16+,17-,18?,19?,20+,21?,22?,23?,25+/m0/s1. The van der Waals surface area contributed by atoms with E-state index in [-0.39, 0.29) is 31.1 Å². The van der Waals surface area contributed by atoms with Crippen molar-refractivity contribution in [3.05, 3.63) is 12.2 Å². The number of ether oxygens (including phenoxy) is 3. The van der Waals surface area contributed by atoms with Gasteiger partial charge < -0.3 is 56.1 Å². The third-order valence-corrected chi connectivity index (χ3v) is 6.92. The first kappa shape index (κ1) is 31.9. The number of urea groups is 1. The van der Waals surface area contributed by atoms with Crippen LogP contribution in [0.1, 0.15) is 53.9 Å². The number of carbonyl (C=O) groups is 1. The van der Waals surface area contributed by atoms with Crippen molar-refractivity contribution in [3.8, 4) is 0 Å². The van der Waals surface area contributed by atoms with E-state index in [1.807, 2.05) is 19.9 Å². The molecule has 0 aromatic heterocycles. The fourth-order valence-corrected chi connectivity index (χ4v) is 4.51. The van der Waals surface area contributed by atoms with Gasteiger partial charge in [0.15, 0.2) is 12.1 Å². The summed E-state index contributed by atoms with van der Waals surface area (Å²) in [6, 6.07) is -2.43. The summed E-state index contributed by atoms with van der Waals surface area (Å²) < 4.78 is 17.8. The molecule has 0 aromatic carbocycles. The molecule has 37 heavy (non-hydrogen) atoms. The van der Waals surface area contributed by atoms with Gasteiger partial charge in [0.05, 0.1) is 48.7 Å². The second kappa shape index (κ2) is 13.6. The van der Waals surface area contributed by atoms with Crippen LogP contribution in [0.4, 0.5) is 4.79 Å². The van der Waals surface area contributed by atoms with Gasteiger partial charge in [0, 0.05) is 26.3 Å². The lowest BCUT2D eigenvalue weighted by Gasteiger charge is -2.46. The van der Waals surface area contributed by atoms with Gasteiger partial charge in [-0.05, 0) is 18.8 Å². The van der Waals surface area contributed by atoms with E-state index in [2.05, 4.69) is 10.6 Å². The van der Waals surface area contributed by atoms with Crippen LogP contribution in [0, 0.1) is 11.8 Å². The van der Waals surface area contributed by atoms with Crippen LogP contribution in [0.3, 0.4) is 0 Å². The zero-order chi connectivity index (χ0) is 28.1. The van der Waals surface area contributed by atoms with E-state index in [0.29, 0.717) is 0 Å². The SMILES string of the molecule is CNC(=O)N[C@H]1C(C[C@H](/C=C/C(C)C)OC2OC(C)C(O)C(N)C2O)O[C@](O)(C[C@@H](O)C(C)C)C[C@@H]1O. The minimum absolute atomic E-state index is 0.0494. The topological polar surface area (TPSA) is 196 Å². The fraction of sp³-hybridized carbons (Fsp3) is 0.880. The first-order valence-electron chi connectivity index (χ1n) is 13.0. The smallest absolute Gasteiger partial charge is 0.314 e. The molecular weight excluding hydrogens is 486 g/mol. The summed E-state index contributed by atoms with van der Waals surface area (Å²) in [4.78, 5) is 12.1. The Balaban J connectivity index is 2.32. The van der Waals surface area contributed by atoms with Crippen LogP contribution in [-0.2, 0) is 14.2 Å². The van der Waals surface area contributed by atoms with Crippen molar-refractivity contribution in [2.75, 3.05) is 7.05 Å². The van der Waals surface area contributed by atoms with Crippen LogP contribution in [0.25, 0.3) is 0 Å². The first-order chi connectivity index (χ1) is 17.2. The Bertz CT molecular complexity index is 755. The van der Waals surface area contributed by atoms with Crippen molar-refractivity contribution < 1.29 is 44.5 Å². The Hall–Kier alpha value is -1.35. The van der Waals surface area contributed by atoms with Gasteiger partial charge in [-0.25, -0.2) is 4.79 Å². The van der Waals surface area contributed by atoms with Crippen LogP contribution < -0.4 is 16.4 Å². The van der Waals surface area contributed by atoms with Gasteiger partial charge in [0.1, 0.15) is 6.10 Å². The molecule has 0 bridgehead atoms. The van der Waals surface area contributed by atoms with E-state index in [9.17, 15) is 30.3 Å². The molecule has 2 aliphatic rings. The van der Waals surface area contributed by atoms with Crippen LogP contribution >= 0.6 is 0 Å².